The van der Waals surface area contributed by atoms with E-state index in [0.29, 0.717) is 5.02 Å². The average molecular weight is 341 g/mol. The zero-order valence-electron chi connectivity index (χ0n) is 10.9. The molecule has 0 unspecified atom stereocenters. The Labute approximate surface area is 127 Å². The third-order valence-corrected chi connectivity index (χ3v) is 4.08. The van der Waals surface area contributed by atoms with Crippen molar-refractivity contribution >= 4 is 33.2 Å². The summed E-state index contributed by atoms with van der Waals surface area (Å²) < 4.78 is 6.16. The number of allylic oxidation sites excluding steroid dienone is 3. The van der Waals surface area contributed by atoms with E-state index in [1.54, 1.807) is 7.11 Å². The van der Waals surface area contributed by atoms with Crippen molar-refractivity contribution in [2.75, 3.05) is 13.7 Å². The van der Waals surface area contributed by atoms with Crippen molar-refractivity contribution < 1.29 is 4.74 Å². The Hall–Kier alpha value is -1.19. The molecule has 0 saturated carbocycles. The predicted octanol–water partition coefficient (Wildman–Crippen LogP) is 4.82. The molecule has 0 N–H and O–H groups in total. The van der Waals surface area contributed by atoms with E-state index >= 15 is 0 Å². The molecule has 2 nitrogen and oxygen atoms in total. The molecular formula is C15H15BrClNO. The number of rotatable bonds is 3. The third kappa shape index (κ3) is 2.72. The van der Waals surface area contributed by atoms with Gasteiger partial charge in [-0.2, -0.15) is 0 Å². The minimum atomic E-state index is 0.670. The fourth-order valence-electron chi connectivity index (χ4n) is 2.04. The second-order valence-electron chi connectivity index (χ2n) is 4.10. The highest BCUT2D eigenvalue weighted by Gasteiger charge is 2.20. The van der Waals surface area contributed by atoms with Gasteiger partial charge in [-0.1, -0.05) is 18.2 Å². The van der Waals surface area contributed by atoms with Crippen LogP contribution in [-0.2, 0) is 0 Å². The number of halogens is 2. The van der Waals surface area contributed by atoms with Crippen LogP contribution in [0.2, 0.25) is 5.02 Å². The van der Waals surface area contributed by atoms with Gasteiger partial charge in [0.1, 0.15) is 5.75 Å². The van der Waals surface area contributed by atoms with Crippen molar-refractivity contribution in [2.24, 2.45) is 0 Å². The molecule has 0 fully saturated rings. The highest BCUT2D eigenvalue weighted by atomic mass is 79.9. The molecule has 2 rings (SSSR count). The lowest BCUT2D eigenvalue weighted by atomic mass is 10.1. The SMILES string of the molecule is C=C1C(Br)=CC=C(c2ccc(OC)cc2Cl)N1CC. The van der Waals surface area contributed by atoms with E-state index in [0.717, 1.165) is 33.7 Å². The van der Waals surface area contributed by atoms with Crippen LogP contribution in [0.5, 0.6) is 5.75 Å². The van der Waals surface area contributed by atoms with Crippen LogP contribution in [0.3, 0.4) is 0 Å². The smallest absolute Gasteiger partial charge is 0.120 e. The normalized spacial score (nSPS) is 15.2. The fourth-order valence-corrected chi connectivity index (χ4v) is 2.65. The molecule has 1 aliphatic heterocycles. The number of likely N-dealkylation sites (N-methyl/N-ethyl adjacent to an activating group) is 1. The van der Waals surface area contributed by atoms with E-state index in [2.05, 4.69) is 34.3 Å². The number of nitrogens with zero attached hydrogens (tertiary/aromatic N) is 1. The summed E-state index contributed by atoms with van der Waals surface area (Å²) in [7, 11) is 1.63. The van der Waals surface area contributed by atoms with Gasteiger partial charge in [-0.15, -0.1) is 0 Å². The maximum atomic E-state index is 6.34. The molecule has 0 amide bonds. The van der Waals surface area contributed by atoms with Crippen LogP contribution in [-0.4, -0.2) is 18.6 Å². The molecule has 0 radical (unpaired) electrons. The van der Waals surface area contributed by atoms with Crippen molar-refractivity contribution in [3.63, 3.8) is 0 Å². The standard InChI is InChI=1S/C15H15BrClNO/c1-4-18-10(2)13(16)7-8-15(18)12-6-5-11(19-3)9-14(12)17/h5-9H,2,4H2,1,3H3. The van der Waals surface area contributed by atoms with Gasteiger partial charge < -0.3 is 9.64 Å². The molecule has 1 heterocycles. The van der Waals surface area contributed by atoms with Crippen molar-refractivity contribution in [1.82, 2.24) is 4.90 Å². The first-order valence-electron chi connectivity index (χ1n) is 5.96. The Morgan fingerprint density at radius 3 is 2.68 bits per heavy atom. The van der Waals surface area contributed by atoms with E-state index < -0.39 is 0 Å². The Morgan fingerprint density at radius 2 is 2.11 bits per heavy atom. The van der Waals surface area contributed by atoms with Gasteiger partial charge in [0.2, 0.25) is 0 Å². The molecule has 1 aliphatic rings. The van der Waals surface area contributed by atoms with Gasteiger partial charge in [0.05, 0.1) is 12.1 Å². The summed E-state index contributed by atoms with van der Waals surface area (Å²) >= 11 is 9.84. The number of methoxy groups -OCH3 is 1. The molecule has 1 aromatic rings. The first kappa shape index (κ1) is 14.2. The zero-order valence-corrected chi connectivity index (χ0v) is 13.3. The molecule has 0 saturated heterocycles. The molecule has 1 aromatic carbocycles. The van der Waals surface area contributed by atoms with Crippen LogP contribution >= 0.6 is 27.5 Å². The zero-order chi connectivity index (χ0) is 14.0. The first-order chi connectivity index (χ1) is 9.08. The maximum Gasteiger partial charge on any atom is 0.120 e. The first-order valence-corrected chi connectivity index (χ1v) is 7.13. The lowest BCUT2D eigenvalue weighted by Gasteiger charge is -2.31. The molecule has 100 valence electrons. The van der Waals surface area contributed by atoms with E-state index in [1.807, 2.05) is 30.4 Å². The number of hydrogen-bond acceptors (Lipinski definition) is 2. The third-order valence-electron chi connectivity index (χ3n) is 3.05. The van der Waals surface area contributed by atoms with Crippen LogP contribution in [0.4, 0.5) is 0 Å². The van der Waals surface area contributed by atoms with Crippen LogP contribution < -0.4 is 4.74 Å². The van der Waals surface area contributed by atoms with Crippen LogP contribution in [0, 0.1) is 0 Å². The molecule has 4 heteroatoms. The molecule has 0 spiro atoms. The molecular weight excluding hydrogens is 326 g/mol. The molecule has 0 aromatic heterocycles. The van der Waals surface area contributed by atoms with Crippen molar-refractivity contribution in [2.45, 2.75) is 6.92 Å². The largest absolute Gasteiger partial charge is 0.497 e. The van der Waals surface area contributed by atoms with E-state index in [-0.39, 0.29) is 0 Å². The van der Waals surface area contributed by atoms with Gasteiger partial charge in [0.25, 0.3) is 0 Å². The lowest BCUT2D eigenvalue weighted by Crippen LogP contribution is -2.22. The van der Waals surface area contributed by atoms with Crippen molar-refractivity contribution in [1.29, 1.82) is 0 Å². The van der Waals surface area contributed by atoms with E-state index in [9.17, 15) is 0 Å². The van der Waals surface area contributed by atoms with E-state index in [4.69, 9.17) is 16.3 Å². The van der Waals surface area contributed by atoms with Gasteiger partial charge in [-0.25, -0.2) is 0 Å². The van der Waals surface area contributed by atoms with Gasteiger partial charge in [-0.05, 0) is 53.2 Å². The quantitative estimate of drug-likeness (QED) is 0.782. The Balaban J connectivity index is 2.48. The average Bonchev–Trinajstić information content (AvgIpc) is 2.42. The van der Waals surface area contributed by atoms with Crippen molar-refractivity contribution in [3.05, 3.63) is 57.7 Å². The second-order valence-corrected chi connectivity index (χ2v) is 5.36. The minimum Gasteiger partial charge on any atom is -0.497 e. The van der Waals surface area contributed by atoms with Gasteiger partial charge in [0, 0.05) is 28.0 Å². The molecule has 19 heavy (non-hydrogen) atoms. The second kappa shape index (κ2) is 5.85. The highest BCUT2D eigenvalue weighted by molar-refractivity contribution is 9.12. The summed E-state index contributed by atoms with van der Waals surface area (Å²) in [4.78, 5) is 2.12. The number of hydrogen-bond donors (Lipinski definition) is 0. The lowest BCUT2D eigenvalue weighted by molar-refractivity contribution is 0.414. The Kier molecular flexibility index (Phi) is 4.38. The van der Waals surface area contributed by atoms with Gasteiger partial charge >= 0.3 is 0 Å². The summed E-state index contributed by atoms with van der Waals surface area (Å²) in [5.41, 5.74) is 2.96. The Morgan fingerprint density at radius 1 is 1.37 bits per heavy atom. The summed E-state index contributed by atoms with van der Waals surface area (Å²) in [6.45, 7) is 7.00. The molecule has 0 atom stereocenters. The van der Waals surface area contributed by atoms with Gasteiger partial charge in [-0.3, -0.25) is 0 Å². The van der Waals surface area contributed by atoms with Crippen LogP contribution in [0.25, 0.3) is 5.70 Å². The predicted molar refractivity (Wildman–Crippen MR) is 84.5 cm³/mol. The van der Waals surface area contributed by atoms with E-state index in [1.165, 1.54) is 0 Å². The topological polar surface area (TPSA) is 12.5 Å². The van der Waals surface area contributed by atoms with Gasteiger partial charge in [0.15, 0.2) is 0 Å². The Bertz CT molecular complexity index is 578. The summed E-state index contributed by atoms with van der Waals surface area (Å²) in [5, 5.41) is 0.670. The number of benzene rings is 1. The van der Waals surface area contributed by atoms with Crippen LogP contribution in [0.1, 0.15) is 12.5 Å². The van der Waals surface area contributed by atoms with Crippen molar-refractivity contribution in [3.8, 4) is 5.75 Å². The molecule has 0 bridgehead atoms. The monoisotopic (exact) mass is 339 g/mol. The maximum absolute atomic E-state index is 6.34. The fraction of sp³-hybridized carbons (Fsp3) is 0.200. The number of ether oxygens (including phenoxy) is 1. The minimum absolute atomic E-state index is 0.670. The summed E-state index contributed by atoms with van der Waals surface area (Å²) in [6.07, 6.45) is 4.03. The summed E-state index contributed by atoms with van der Waals surface area (Å²) in [6, 6.07) is 5.70. The highest BCUT2D eigenvalue weighted by Crippen LogP contribution is 2.36. The molecule has 0 aliphatic carbocycles. The summed E-state index contributed by atoms with van der Waals surface area (Å²) in [5.74, 6) is 0.753. The van der Waals surface area contributed by atoms with Crippen LogP contribution in [0.15, 0.2) is 47.1 Å².